The van der Waals surface area contributed by atoms with Crippen LogP contribution in [-0.4, -0.2) is 25.7 Å². The lowest BCUT2D eigenvalue weighted by Crippen LogP contribution is -2.14. The number of hydrogen-bond donors (Lipinski definition) is 0. The summed E-state index contributed by atoms with van der Waals surface area (Å²) >= 11 is 1.42. The van der Waals surface area contributed by atoms with Crippen LogP contribution in [0, 0.1) is 18.4 Å². The topological polar surface area (TPSA) is 65.0 Å². The van der Waals surface area contributed by atoms with Gasteiger partial charge in [-0.05, 0) is 24.0 Å². The van der Waals surface area contributed by atoms with E-state index in [2.05, 4.69) is 22.0 Å². The minimum Gasteiger partial charge on any atom is -0.274 e. The van der Waals surface area contributed by atoms with Gasteiger partial charge in [0.15, 0.2) is 11.3 Å². The Hall–Kier alpha value is -3.24. The molecule has 5 rings (SSSR count). The van der Waals surface area contributed by atoms with Crippen LogP contribution in [0.25, 0.3) is 26.9 Å². The first-order valence-electron chi connectivity index (χ1n) is 9.43. The van der Waals surface area contributed by atoms with Crippen molar-refractivity contribution < 1.29 is 4.79 Å². The largest absolute Gasteiger partial charge is 0.274 e. The smallest absolute Gasteiger partial charge is 0.236 e. The first-order valence-corrected chi connectivity index (χ1v) is 10.4. The predicted octanol–water partition coefficient (Wildman–Crippen LogP) is 5.12. The van der Waals surface area contributed by atoms with Gasteiger partial charge in [0.25, 0.3) is 0 Å². The van der Waals surface area contributed by atoms with Crippen LogP contribution in [0.2, 0.25) is 0 Å². The molecule has 6 nitrogen and oxygen atoms in total. The van der Waals surface area contributed by atoms with Gasteiger partial charge in [-0.15, -0.1) is 10.2 Å². The number of rotatable bonds is 4. The molecule has 1 fully saturated rings. The van der Waals surface area contributed by atoms with Crippen molar-refractivity contribution in [1.29, 1.82) is 0 Å². The molecule has 2 heterocycles. The van der Waals surface area contributed by atoms with Gasteiger partial charge < -0.3 is 0 Å². The normalized spacial score (nSPS) is 18.1. The van der Waals surface area contributed by atoms with Crippen molar-refractivity contribution in [3.63, 3.8) is 0 Å². The zero-order chi connectivity index (χ0) is 20.0. The van der Waals surface area contributed by atoms with Crippen LogP contribution in [0.5, 0.6) is 0 Å². The minimum atomic E-state index is 0.0469. The van der Waals surface area contributed by atoms with Gasteiger partial charge in [-0.2, -0.15) is 0 Å². The molecule has 2 aromatic carbocycles. The molecule has 1 aliphatic rings. The van der Waals surface area contributed by atoms with Gasteiger partial charge in [0.1, 0.15) is 5.52 Å². The number of thioether (sulfide) groups is 1. The van der Waals surface area contributed by atoms with E-state index in [0.29, 0.717) is 33.7 Å². The van der Waals surface area contributed by atoms with E-state index in [-0.39, 0.29) is 11.8 Å². The van der Waals surface area contributed by atoms with Crippen LogP contribution in [0.1, 0.15) is 23.7 Å². The Labute approximate surface area is 171 Å². The maximum absolute atomic E-state index is 13.1. The summed E-state index contributed by atoms with van der Waals surface area (Å²) in [5.74, 6) is 1.11. The van der Waals surface area contributed by atoms with Crippen molar-refractivity contribution in [1.82, 2.24) is 19.7 Å². The number of carbonyl (C=O) groups is 1. The van der Waals surface area contributed by atoms with Crippen molar-refractivity contribution in [3.8, 4) is 0 Å². The Morgan fingerprint density at radius 2 is 1.97 bits per heavy atom. The summed E-state index contributed by atoms with van der Waals surface area (Å²) in [6.07, 6.45) is 0.917. The summed E-state index contributed by atoms with van der Waals surface area (Å²) in [6.45, 7) is 9.40. The van der Waals surface area contributed by atoms with Crippen LogP contribution in [0.3, 0.4) is 0 Å². The third-order valence-electron chi connectivity index (χ3n) is 5.38. The van der Waals surface area contributed by atoms with E-state index in [1.54, 1.807) is 10.6 Å². The highest BCUT2D eigenvalue weighted by molar-refractivity contribution is 7.98. The van der Waals surface area contributed by atoms with E-state index in [9.17, 15) is 4.79 Å². The van der Waals surface area contributed by atoms with E-state index < -0.39 is 0 Å². The number of benzene rings is 2. The zero-order valence-corrected chi connectivity index (χ0v) is 16.6. The van der Waals surface area contributed by atoms with Crippen molar-refractivity contribution in [3.05, 3.63) is 65.5 Å². The molecule has 0 N–H and O–H groups in total. The van der Waals surface area contributed by atoms with E-state index in [4.69, 9.17) is 11.6 Å². The summed E-state index contributed by atoms with van der Waals surface area (Å²) in [7, 11) is 0. The average molecular weight is 399 g/mol. The molecule has 1 aliphatic carbocycles. The number of nitrogens with zero attached hydrogens (tertiary/aromatic N) is 5. The summed E-state index contributed by atoms with van der Waals surface area (Å²) in [4.78, 5) is 21.4. The van der Waals surface area contributed by atoms with E-state index in [1.807, 2.05) is 42.5 Å². The molecule has 7 heteroatoms. The lowest BCUT2D eigenvalue weighted by Gasteiger charge is -2.05. The molecule has 0 radical (unpaired) electrons. The van der Waals surface area contributed by atoms with Gasteiger partial charge in [0, 0.05) is 17.1 Å². The molecule has 0 amide bonds. The van der Waals surface area contributed by atoms with Crippen molar-refractivity contribution in [2.45, 2.75) is 24.3 Å². The molecule has 0 aliphatic heterocycles. The highest BCUT2D eigenvalue weighted by Crippen LogP contribution is 2.41. The first-order chi connectivity index (χ1) is 14.2. The van der Waals surface area contributed by atoms with Crippen LogP contribution in [-0.2, 0) is 5.75 Å². The molecule has 0 spiro atoms. The number of fused-ring (bicyclic) bond motifs is 3. The highest BCUT2D eigenvalue weighted by atomic mass is 32.2. The minimum absolute atomic E-state index is 0.0469. The fourth-order valence-corrected chi connectivity index (χ4v) is 4.40. The zero-order valence-electron chi connectivity index (χ0n) is 15.7. The van der Waals surface area contributed by atoms with Gasteiger partial charge in [0.05, 0.1) is 12.1 Å². The Morgan fingerprint density at radius 3 is 2.76 bits per heavy atom. The molecule has 4 aromatic rings. The van der Waals surface area contributed by atoms with Crippen molar-refractivity contribution in [2.24, 2.45) is 11.8 Å². The summed E-state index contributed by atoms with van der Waals surface area (Å²) in [5.41, 5.74) is 3.59. The Kier molecular flexibility index (Phi) is 4.29. The summed E-state index contributed by atoms with van der Waals surface area (Å²) in [6, 6.07) is 15.2. The van der Waals surface area contributed by atoms with Crippen molar-refractivity contribution in [2.75, 3.05) is 0 Å². The second kappa shape index (κ2) is 6.98. The second-order valence-electron chi connectivity index (χ2n) is 7.31. The SMILES string of the molecule is [C-]#[N+]c1ccccc1CSc1nnc2c3ccccc3n(C(=O)C3C[C@H]3C)c2n1. The van der Waals surface area contributed by atoms with E-state index >= 15 is 0 Å². The fourth-order valence-electron chi connectivity index (χ4n) is 3.62. The Bertz CT molecular complexity index is 1310. The molecule has 1 saturated carbocycles. The second-order valence-corrected chi connectivity index (χ2v) is 8.25. The summed E-state index contributed by atoms with van der Waals surface area (Å²) in [5, 5.41) is 10.1. The van der Waals surface area contributed by atoms with Crippen LogP contribution in [0.15, 0.2) is 53.7 Å². The molecule has 0 saturated heterocycles. The molecule has 1 unspecified atom stereocenters. The monoisotopic (exact) mass is 399 g/mol. The van der Waals surface area contributed by atoms with Crippen LogP contribution < -0.4 is 0 Å². The van der Waals surface area contributed by atoms with E-state index in [1.165, 1.54) is 11.8 Å². The third kappa shape index (κ3) is 3.06. The molecule has 142 valence electrons. The molecule has 29 heavy (non-hydrogen) atoms. The predicted molar refractivity (Wildman–Crippen MR) is 113 cm³/mol. The number of aromatic nitrogens is 4. The molecular weight excluding hydrogens is 382 g/mol. The number of para-hydroxylation sites is 2. The summed E-state index contributed by atoms with van der Waals surface area (Å²) < 4.78 is 1.71. The van der Waals surface area contributed by atoms with Crippen LogP contribution >= 0.6 is 11.8 Å². The lowest BCUT2D eigenvalue weighted by atomic mass is 10.2. The lowest BCUT2D eigenvalue weighted by molar-refractivity contribution is 0.0890. The maximum atomic E-state index is 13.1. The van der Waals surface area contributed by atoms with Gasteiger partial charge in [-0.3, -0.25) is 9.36 Å². The van der Waals surface area contributed by atoms with Gasteiger partial charge in [-0.25, -0.2) is 9.83 Å². The maximum Gasteiger partial charge on any atom is 0.236 e. The average Bonchev–Trinajstić information content (AvgIpc) is 3.40. The first kappa shape index (κ1) is 17.8. The molecule has 0 bridgehead atoms. The molecule has 2 atom stereocenters. The molecular formula is C22H17N5OS. The third-order valence-corrected chi connectivity index (χ3v) is 6.26. The quantitative estimate of drug-likeness (QED) is 0.352. The fraction of sp³-hybridized carbons (Fsp3) is 0.227. The highest BCUT2D eigenvalue weighted by Gasteiger charge is 2.41. The number of carbonyl (C=O) groups excluding carboxylic acids is 1. The van der Waals surface area contributed by atoms with E-state index in [0.717, 1.165) is 22.9 Å². The molecule has 2 aromatic heterocycles. The van der Waals surface area contributed by atoms with Crippen molar-refractivity contribution >= 4 is 45.4 Å². The van der Waals surface area contributed by atoms with Gasteiger partial charge >= 0.3 is 0 Å². The van der Waals surface area contributed by atoms with Crippen LogP contribution in [0.4, 0.5) is 5.69 Å². The van der Waals surface area contributed by atoms with Gasteiger partial charge in [-0.1, -0.05) is 61.2 Å². The number of hydrogen-bond acceptors (Lipinski definition) is 5. The van der Waals surface area contributed by atoms with Gasteiger partial charge in [0.2, 0.25) is 11.1 Å². The Morgan fingerprint density at radius 1 is 1.21 bits per heavy atom. The Balaban J connectivity index is 1.56. The standard InChI is InChI=1S/C22H17N5OS/c1-13-11-16(13)21(28)27-18-10-6-4-8-15(18)19-20(27)24-22(26-25-19)29-12-14-7-3-5-9-17(14)23-2/h3-10,13,16H,11-12H2,1H3/t13-,16?/m1/s1.